The molecule has 0 aliphatic heterocycles. The summed E-state index contributed by atoms with van der Waals surface area (Å²) in [4.78, 5) is 19.6. The minimum atomic E-state index is -0.979. The summed E-state index contributed by atoms with van der Waals surface area (Å²) in [6.07, 6.45) is 0. The number of rotatable bonds is 4. The van der Waals surface area contributed by atoms with Gasteiger partial charge in [0.25, 0.3) is 0 Å². The highest BCUT2D eigenvalue weighted by Gasteiger charge is 2.07. The molecule has 0 fully saturated rings. The van der Waals surface area contributed by atoms with E-state index in [1.54, 1.807) is 30.3 Å². The highest BCUT2D eigenvalue weighted by molar-refractivity contribution is 5.88. The van der Waals surface area contributed by atoms with Crippen molar-refractivity contribution in [1.82, 2.24) is 9.97 Å². The molecule has 1 aromatic heterocycles. The summed E-state index contributed by atoms with van der Waals surface area (Å²) in [5.74, 6) is -0.367. The lowest BCUT2D eigenvalue weighted by Crippen LogP contribution is -2.00. The van der Waals surface area contributed by atoms with E-state index in [1.807, 2.05) is 6.92 Å². The van der Waals surface area contributed by atoms with Gasteiger partial charge in [0.05, 0.1) is 5.56 Å². The molecule has 0 bridgehead atoms. The van der Waals surface area contributed by atoms with Crippen molar-refractivity contribution in [2.45, 2.75) is 6.92 Å². The lowest BCUT2D eigenvalue weighted by atomic mass is 10.2. The number of halogens is 1. The van der Waals surface area contributed by atoms with Crippen molar-refractivity contribution in [2.24, 2.45) is 0 Å². The van der Waals surface area contributed by atoms with Crippen molar-refractivity contribution < 1.29 is 14.3 Å². The Kier molecular flexibility index (Phi) is 4.20. The van der Waals surface area contributed by atoms with Crippen molar-refractivity contribution in [2.75, 3.05) is 5.32 Å². The van der Waals surface area contributed by atoms with Crippen molar-refractivity contribution in [3.8, 4) is 11.4 Å². The average molecular weight is 323 g/mol. The standard InChI is InChI=1S/C18H14FN3O2/c1-11-9-16(21-15-7-5-12(6-8-15)18(23)24)22-17(20-11)13-3-2-4-14(19)10-13/h2-10H,1H3,(H,23,24)(H,20,21,22). The molecule has 120 valence electrons. The maximum Gasteiger partial charge on any atom is 0.335 e. The van der Waals surface area contributed by atoms with Crippen LogP contribution in [0.3, 0.4) is 0 Å². The summed E-state index contributed by atoms with van der Waals surface area (Å²) in [6, 6.07) is 14.2. The molecular formula is C18H14FN3O2. The molecular weight excluding hydrogens is 309 g/mol. The Hall–Kier alpha value is -3.28. The molecule has 2 N–H and O–H groups in total. The quantitative estimate of drug-likeness (QED) is 0.758. The first-order chi connectivity index (χ1) is 11.5. The van der Waals surface area contributed by atoms with Crippen LogP contribution in [0.1, 0.15) is 16.1 Å². The van der Waals surface area contributed by atoms with E-state index < -0.39 is 5.97 Å². The van der Waals surface area contributed by atoms with Crippen LogP contribution in [0.4, 0.5) is 15.9 Å². The van der Waals surface area contributed by atoms with Gasteiger partial charge in [0, 0.05) is 23.0 Å². The zero-order valence-corrected chi connectivity index (χ0v) is 12.8. The molecule has 0 saturated heterocycles. The summed E-state index contributed by atoms with van der Waals surface area (Å²) in [5.41, 5.74) is 2.22. The second kappa shape index (κ2) is 6.45. The van der Waals surface area contributed by atoms with Crippen LogP contribution in [0, 0.1) is 12.7 Å². The fourth-order valence-corrected chi connectivity index (χ4v) is 2.23. The molecule has 0 amide bonds. The van der Waals surface area contributed by atoms with Gasteiger partial charge in [-0.3, -0.25) is 0 Å². The van der Waals surface area contributed by atoms with Gasteiger partial charge in [-0.1, -0.05) is 12.1 Å². The number of nitrogens with one attached hydrogen (secondary N) is 1. The van der Waals surface area contributed by atoms with E-state index in [-0.39, 0.29) is 11.4 Å². The van der Waals surface area contributed by atoms with E-state index in [9.17, 15) is 9.18 Å². The number of aromatic carboxylic acids is 1. The first-order valence-electron chi connectivity index (χ1n) is 7.23. The highest BCUT2D eigenvalue weighted by Crippen LogP contribution is 2.21. The average Bonchev–Trinajstić information content (AvgIpc) is 2.55. The van der Waals surface area contributed by atoms with Crippen molar-refractivity contribution in [3.63, 3.8) is 0 Å². The van der Waals surface area contributed by atoms with E-state index >= 15 is 0 Å². The van der Waals surface area contributed by atoms with Crippen LogP contribution in [0.5, 0.6) is 0 Å². The van der Waals surface area contributed by atoms with Gasteiger partial charge in [0.15, 0.2) is 5.82 Å². The van der Waals surface area contributed by atoms with Gasteiger partial charge in [-0.05, 0) is 43.3 Å². The molecule has 3 rings (SSSR count). The summed E-state index contributed by atoms with van der Waals surface area (Å²) in [7, 11) is 0. The molecule has 24 heavy (non-hydrogen) atoms. The molecule has 1 heterocycles. The number of aromatic nitrogens is 2. The Balaban J connectivity index is 1.90. The van der Waals surface area contributed by atoms with Gasteiger partial charge < -0.3 is 10.4 Å². The fourth-order valence-electron chi connectivity index (χ4n) is 2.23. The van der Waals surface area contributed by atoms with Gasteiger partial charge in [-0.25, -0.2) is 19.2 Å². The Labute approximate surface area is 137 Å². The van der Waals surface area contributed by atoms with E-state index in [0.29, 0.717) is 22.9 Å². The molecule has 5 nitrogen and oxygen atoms in total. The van der Waals surface area contributed by atoms with Crippen LogP contribution in [0.15, 0.2) is 54.6 Å². The topological polar surface area (TPSA) is 75.1 Å². The minimum Gasteiger partial charge on any atom is -0.478 e. The number of hydrogen-bond donors (Lipinski definition) is 2. The molecule has 2 aromatic carbocycles. The number of nitrogens with zero attached hydrogens (tertiary/aromatic N) is 2. The Morgan fingerprint density at radius 2 is 1.83 bits per heavy atom. The number of aryl methyl sites for hydroxylation is 1. The number of carboxylic acid groups (broad SMARTS) is 1. The Bertz CT molecular complexity index is 895. The molecule has 0 atom stereocenters. The van der Waals surface area contributed by atoms with Gasteiger partial charge in [0.2, 0.25) is 0 Å². The summed E-state index contributed by atoms with van der Waals surface area (Å²) >= 11 is 0. The van der Waals surface area contributed by atoms with Gasteiger partial charge >= 0.3 is 5.97 Å². The maximum atomic E-state index is 13.4. The van der Waals surface area contributed by atoms with Crippen LogP contribution < -0.4 is 5.32 Å². The lowest BCUT2D eigenvalue weighted by molar-refractivity contribution is 0.0697. The van der Waals surface area contributed by atoms with Crippen LogP contribution >= 0.6 is 0 Å². The summed E-state index contributed by atoms with van der Waals surface area (Å²) in [5, 5.41) is 12.0. The Morgan fingerprint density at radius 3 is 2.50 bits per heavy atom. The third-order valence-corrected chi connectivity index (χ3v) is 3.34. The molecule has 3 aromatic rings. The smallest absolute Gasteiger partial charge is 0.335 e. The maximum absolute atomic E-state index is 13.4. The van der Waals surface area contributed by atoms with E-state index in [2.05, 4.69) is 15.3 Å². The van der Waals surface area contributed by atoms with Crippen LogP contribution in [0.2, 0.25) is 0 Å². The molecule has 0 aliphatic rings. The number of carbonyl (C=O) groups is 1. The third-order valence-electron chi connectivity index (χ3n) is 3.34. The second-order valence-electron chi connectivity index (χ2n) is 5.24. The summed E-state index contributed by atoms with van der Waals surface area (Å²) < 4.78 is 13.4. The normalized spacial score (nSPS) is 10.4. The first kappa shape index (κ1) is 15.6. The highest BCUT2D eigenvalue weighted by atomic mass is 19.1. The lowest BCUT2D eigenvalue weighted by Gasteiger charge is -2.09. The molecule has 0 spiro atoms. The van der Waals surface area contributed by atoms with Gasteiger partial charge in [-0.15, -0.1) is 0 Å². The van der Waals surface area contributed by atoms with E-state index in [1.165, 1.54) is 24.3 Å². The Morgan fingerprint density at radius 1 is 1.08 bits per heavy atom. The van der Waals surface area contributed by atoms with Crippen molar-refractivity contribution in [1.29, 1.82) is 0 Å². The van der Waals surface area contributed by atoms with Gasteiger partial charge in [0.1, 0.15) is 11.6 Å². The molecule has 0 aliphatic carbocycles. The minimum absolute atomic E-state index is 0.208. The van der Waals surface area contributed by atoms with Crippen LogP contribution in [0.25, 0.3) is 11.4 Å². The predicted molar refractivity (Wildman–Crippen MR) is 88.8 cm³/mol. The third kappa shape index (κ3) is 3.55. The number of benzene rings is 2. The van der Waals surface area contributed by atoms with Crippen molar-refractivity contribution >= 4 is 17.5 Å². The second-order valence-corrected chi connectivity index (χ2v) is 5.24. The zero-order valence-electron chi connectivity index (χ0n) is 12.8. The van der Waals surface area contributed by atoms with Crippen molar-refractivity contribution in [3.05, 3.63) is 71.7 Å². The molecule has 0 unspecified atom stereocenters. The molecule has 0 saturated carbocycles. The van der Waals surface area contributed by atoms with Crippen LogP contribution in [-0.2, 0) is 0 Å². The largest absolute Gasteiger partial charge is 0.478 e. The van der Waals surface area contributed by atoms with E-state index in [4.69, 9.17) is 5.11 Å². The number of hydrogen-bond acceptors (Lipinski definition) is 4. The fraction of sp³-hybridized carbons (Fsp3) is 0.0556. The SMILES string of the molecule is Cc1cc(Nc2ccc(C(=O)O)cc2)nc(-c2cccc(F)c2)n1. The molecule has 0 radical (unpaired) electrons. The van der Waals surface area contributed by atoms with E-state index in [0.717, 1.165) is 5.69 Å². The predicted octanol–water partition coefficient (Wildman–Crippen LogP) is 4.03. The van der Waals surface area contributed by atoms with Crippen LogP contribution in [-0.4, -0.2) is 21.0 Å². The summed E-state index contributed by atoms with van der Waals surface area (Å²) in [6.45, 7) is 1.82. The first-order valence-corrected chi connectivity index (χ1v) is 7.23. The zero-order chi connectivity index (χ0) is 17.1. The number of carboxylic acids is 1. The number of anilines is 2. The van der Waals surface area contributed by atoms with Gasteiger partial charge in [-0.2, -0.15) is 0 Å². The molecule has 6 heteroatoms. The monoisotopic (exact) mass is 323 g/mol.